The van der Waals surface area contributed by atoms with E-state index in [9.17, 15) is 41.5 Å². The molecule has 258 valence electrons. The van der Waals surface area contributed by atoms with Gasteiger partial charge in [-0.25, -0.2) is 9.18 Å². The zero-order valence-corrected chi connectivity index (χ0v) is 26.0. The molecule has 16 heteroatoms. The first-order valence-corrected chi connectivity index (χ1v) is 15.9. The minimum Gasteiger partial charge on any atom is -0.444 e. The fourth-order valence-electron chi connectivity index (χ4n) is 6.58. The van der Waals surface area contributed by atoms with Gasteiger partial charge in [0.25, 0.3) is 5.91 Å². The van der Waals surface area contributed by atoms with Gasteiger partial charge in [-0.05, 0) is 37.3 Å². The highest BCUT2D eigenvalue weighted by molar-refractivity contribution is 5.99. The lowest BCUT2D eigenvalue weighted by Crippen LogP contribution is -2.57. The molecule has 3 heterocycles. The summed E-state index contributed by atoms with van der Waals surface area (Å²) >= 11 is 0. The van der Waals surface area contributed by atoms with Gasteiger partial charge in [0.15, 0.2) is 6.19 Å². The average molecular weight is 677 g/mol. The molecule has 4 aliphatic rings. The number of hydrogen-bond acceptors (Lipinski definition) is 7. The van der Waals surface area contributed by atoms with Gasteiger partial charge >= 0.3 is 12.3 Å². The highest BCUT2D eigenvalue weighted by atomic mass is 19.4. The largest absolute Gasteiger partial charge is 0.444 e. The number of fused-ring (bicyclic) bond motifs is 3. The van der Waals surface area contributed by atoms with Gasteiger partial charge in [-0.1, -0.05) is 37.1 Å². The van der Waals surface area contributed by atoms with Crippen LogP contribution in [0.3, 0.4) is 0 Å². The summed E-state index contributed by atoms with van der Waals surface area (Å²) in [5.74, 6) is -4.12. The molecule has 5 atom stereocenters. The molecule has 0 aromatic heterocycles. The van der Waals surface area contributed by atoms with Crippen LogP contribution in [-0.4, -0.2) is 76.0 Å². The smallest absolute Gasteiger partial charge is 0.410 e. The van der Waals surface area contributed by atoms with Crippen LogP contribution < -0.4 is 16.0 Å². The Labute approximate surface area is 273 Å². The first kappa shape index (κ1) is 34.6. The fraction of sp³-hybridized carbons (Fsp3) is 0.562. The van der Waals surface area contributed by atoms with E-state index in [0.29, 0.717) is 36.8 Å². The highest BCUT2D eigenvalue weighted by Gasteiger charge is 2.61. The van der Waals surface area contributed by atoms with E-state index in [2.05, 4.69) is 16.0 Å². The minimum atomic E-state index is -4.58. The molecule has 5 amide bonds. The Morgan fingerprint density at radius 2 is 1.94 bits per heavy atom. The molecule has 1 aliphatic carbocycles. The standard InChI is InChI=1S/C32H36F4N6O6/c33-23-9-6-7-19-15-41(17-22(19)23)30(47)48-21-13-25-27(44)40-31(29(46)38-18-37)14-20(31)8-4-2-1-3-5-10-24(28(45)42(25)16-21)39-26(43)11-12-32(34,35)36/h4,6-9,20-21,24-25H,1-3,5,10-17H2,(H,38,46)(H,39,43)(H,40,44)/t20-,21-,24+,25?,31-/m1/s1. The number of rotatable bonds is 5. The number of carbonyl (C=O) groups is 5. The maximum Gasteiger partial charge on any atom is 0.410 e. The molecule has 3 aliphatic heterocycles. The number of allylic oxidation sites excluding steroid dienone is 1. The lowest BCUT2D eigenvalue weighted by atomic mass is 10.0. The normalized spacial score (nSPS) is 27.3. The van der Waals surface area contributed by atoms with Gasteiger partial charge in [-0.3, -0.25) is 29.4 Å². The van der Waals surface area contributed by atoms with Crippen LogP contribution in [-0.2, 0) is 37.0 Å². The predicted molar refractivity (Wildman–Crippen MR) is 158 cm³/mol. The van der Waals surface area contributed by atoms with Gasteiger partial charge in [0.2, 0.25) is 17.7 Å². The lowest BCUT2D eigenvalue weighted by molar-refractivity contribution is -0.146. The predicted octanol–water partition coefficient (Wildman–Crippen LogP) is 3.07. The molecule has 0 spiro atoms. The third-order valence-corrected chi connectivity index (χ3v) is 9.24. The van der Waals surface area contributed by atoms with Crippen molar-refractivity contribution in [1.82, 2.24) is 25.8 Å². The summed E-state index contributed by atoms with van der Waals surface area (Å²) < 4.78 is 58.4. The number of nitrogens with one attached hydrogen (secondary N) is 3. The first-order valence-electron chi connectivity index (χ1n) is 15.9. The van der Waals surface area contributed by atoms with Gasteiger partial charge in [0.1, 0.15) is 29.5 Å². The molecule has 2 fully saturated rings. The van der Waals surface area contributed by atoms with Crippen LogP contribution in [0.4, 0.5) is 22.4 Å². The van der Waals surface area contributed by atoms with Crippen LogP contribution in [0.2, 0.25) is 0 Å². The molecular weight excluding hydrogens is 640 g/mol. The maximum atomic E-state index is 14.3. The van der Waals surface area contributed by atoms with Crippen molar-refractivity contribution >= 4 is 29.7 Å². The van der Waals surface area contributed by atoms with Crippen LogP contribution in [0, 0.1) is 23.2 Å². The second-order valence-electron chi connectivity index (χ2n) is 12.6. The molecular formula is C32H36F4N6O6. The van der Waals surface area contributed by atoms with Crippen molar-refractivity contribution in [3.63, 3.8) is 0 Å². The zero-order valence-electron chi connectivity index (χ0n) is 26.0. The summed E-state index contributed by atoms with van der Waals surface area (Å²) in [5.41, 5.74) is -0.497. The van der Waals surface area contributed by atoms with Crippen molar-refractivity contribution in [2.24, 2.45) is 5.92 Å². The molecule has 5 rings (SSSR count). The first-order chi connectivity index (χ1) is 22.8. The monoisotopic (exact) mass is 676 g/mol. The van der Waals surface area contributed by atoms with Crippen molar-refractivity contribution in [2.45, 2.75) is 101 Å². The summed E-state index contributed by atoms with van der Waals surface area (Å²) in [6, 6.07) is 1.93. The van der Waals surface area contributed by atoms with E-state index in [1.54, 1.807) is 18.3 Å². The third kappa shape index (κ3) is 7.88. The van der Waals surface area contributed by atoms with Crippen LogP contribution in [0.5, 0.6) is 0 Å². The molecule has 1 aromatic carbocycles. The molecule has 0 radical (unpaired) electrons. The number of nitriles is 1. The molecule has 3 N–H and O–H groups in total. The van der Waals surface area contributed by atoms with Crippen molar-refractivity contribution in [2.75, 3.05) is 6.54 Å². The van der Waals surface area contributed by atoms with E-state index in [1.807, 2.05) is 6.08 Å². The Balaban J connectivity index is 1.38. The number of benzene rings is 1. The van der Waals surface area contributed by atoms with E-state index in [0.717, 1.165) is 4.90 Å². The molecule has 48 heavy (non-hydrogen) atoms. The Morgan fingerprint density at radius 1 is 1.15 bits per heavy atom. The number of alkyl halides is 3. The van der Waals surface area contributed by atoms with Crippen LogP contribution in [0.1, 0.15) is 68.9 Å². The summed E-state index contributed by atoms with van der Waals surface area (Å²) in [5, 5.41) is 16.3. The summed E-state index contributed by atoms with van der Waals surface area (Å²) in [6.07, 6.45) is -0.990. The van der Waals surface area contributed by atoms with E-state index < -0.39 is 84.2 Å². The van der Waals surface area contributed by atoms with Crippen LogP contribution in [0.25, 0.3) is 0 Å². The maximum absolute atomic E-state index is 14.3. The number of ether oxygens (including phenoxy) is 1. The van der Waals surface area contributed by atoms with E-state index in [4.69, 9.17) is 10.00 Å². The van der Waals surface area contributed by atoms with Crippen molar-refractivity contribution in [1.29, 1.82) is 5.26 Å². The number of amides is 5. The van der Waals surface area contributed by atoms with E-state index in [-0.39, 0.29) is 38.9 Å². The Morgan fingerprint density at radius 3 is 2.67 bits per heavy atom. The highest BCUT2D eigenvalue weighted by Crippen LogP contribution is 2.45. The summed E-state index contributed by atoms with van der Waals surface area (Å²) in [6.45, 7) is -0.242. The van der Waals surface area contributed by atoms with Crippen molar-refractivity contribution in [3.8, 4) is 6.19 Å². The van der Waals surface area contributed by atoms with Gasteiger partial charge in [-0.2, -0.15) is 18.4 Å². The Hall–Kier alpha value is -4.68. The lowest BCUT2D eigenvalue weighted by Gasteiger charge is -2.29. The average Bonchev–Trinajstić information content (AvgIpc) is 3.33. The molecule has 1 saturated carbocycles. The number of nitrogens with zero attached hydrogens (tertiary/aromatic N) is 3. The second kappa shape index (κ2) is 14.2. The number of halogens is 4. The number of hydrogen-bond donors (Lipinski definition) is 3. The van der Waals surface area contributed by atoms with Crippen molar-refractivity contribution < 1.29 is 46.3 Å². The van der Waals surface area contributed by atoms with Crippen LogP contribution >= 0.6 is 0 Å². The Bertz CT molecular complexity index is 1530. The molecule has 1 saturated heterocycles. The van der Waals surface area contributed by atoms with Gasteiger partial charge in [-0.15, -0.1) is 0 Å². The quantitative estimate of drug-likeness (QED) is 0.187. The second-order valence-corrected chi connectivity index (χ2v) is 12.6. The Kier molecular flexibility index (Phi) is 10.3. The SMILES string of the molecule is N#CNC(=O)[C@@]12C[C@H]1C=CCCCCC[C@H](NC(=O)CCC(F)(F)F)C(=O)N1C[C@H](OC(=O)N3Cc4cccc(F)c4C3)CC1C(=O)N2. The number of carbonyl (C=O) groups excluding carboxylic acids is 5. The van der Waals surface area contributed by atoms with Crippen molar-refractivity contribution in [3.05, 3.63) is 47.3 Å². The van der Waals surface area contributed by atoms with Crippen LogP contribution in [0.15, 0.2) is 30.4 Å². The zero-order chi connectivity index (χ0) is 34.6. The summed E-state index contributed by atoms with van der Waals surface area (Å²) in [4.78, 5) is 68.9. The summed E-state index contributed by atoms with van der Waals surface area (Å²) in [7, 11) is 0. The topological polar surface area (TPSA) is 161 Å². The fourth-order valence-corrected chi connectivity index (χ4v) is 6.58. The molecule has 1 aromatic rings. The third-order valence-electron chi connectivity index (χ3n) is 9.24. The van der Waals surface area contributed by atoms with Gasteiger partial charge in [0, 0.05) is 30.9 Å². The van der Waals surface area contributed by atoms with E-state index >= 15 is 0 Å². The van der Waals surface area contributed by atoms with E-state index in [1.165, 1.54) is 17.0 Å². The molecule has 12 nitrogen and oxygen atoms in total. The molecule has 1 unspecified atom stereocenters. The minimum absolute atomic E-state index is 0.0441. The van der Waals surface area contributed by atoms with Gasteiger partial charge in [0.05, 0.1) is 19.5 Å². The van der Waals surface area contributed by atoms with Gasteiger partial charge < -0.3 is 20.3 Å². The molecule has 0 bridgehead atoms.